The van der Waals surface area contributed by atoms with Gasteiger partial charge in [0.15, 0.2) is 5.69 Å². The molecule has 0 spiro atoms. The van der Waals surface area contributed by atoms with Crippen LogP contribution in [0.5, 0.6) is 0 Å². The number of hydrogen-bond donors (Lipinski definition) is 0. The Kier molecular flexibility index (Phi) is 4.72. The van der Waals surface area contributed by atoms with Crippen molar-refractivity contribution in [3.63, 3.8) is 0 Å². The Balaban J connectivity index is 1.82. The van der Waals surface area contributed by atoms with Crippen LogP contribution in [0, 0.1) is 0 Å². The summed E-state index contributed by atoms with van der Waals surface area (Å²) < 4.78 is 6.83. The van der Waals surface area contributed by atoms with E-state index in [-0.39, 0.29) is 5.97 Å². The van der Waals surface area contributed by atoms with E-state index in [4.69, 9.17) is 4.74 Å². The van der Waals surface area contributed by atoms with Crippen LogP contribution in [0.15, 0.2) is 42.9 Å². The van der Waals surface area contributed by atoms with Crippen molar-refractivity contribution in [1.82, 2.24) is 9.55 Å². The highest BCUT2D eigenvalue weighted by atomic mass is 16.5. The molecule has 0 radical (unpaired) electrons. The molecule has 4 nitrogen and oxygen atoms in total. The van der Waals surface area contributed by atoms with Gasteiger partial charge in [-0.1, -0.05) is 30.3 Å². The molecule has 0 aliphatic heterocycles. The summed E-state index contributed by atoms with van der Waals surface area (Å²) in [6, 6.07) is 10.4. The topological polar surface area (TPSA) is 44.1 Å². The molecule has 0 bridgehead atoms. The fourth-order valence-corrected chi connectivity index (χ4v) is 1.90. The number of nitrogens with zero attached hydrogens (tertiary/aromatic N) is 2. The number of imidazole rings is 1. The van der Waals surface area contributed by atoms with Gasteiger partial charge in [0.2, 0.25) is 0 Å². The molecule has 2 rings (SSSR count). The number of esters is 1. The Morgan fingerprint density at radius 2 is 2.11 bits per heavy atom. The van der Waals surface area contributed by atoms with Crippen molar-refractivity contribution in [2.24, 2.45) is 0 Å². The van der Waals surface area contributed by atoms with Crippen LogP contribution in [0.25, 0.3) is 0 Å². The minimum atomic E-state index is -0.357. The molecule has 0 aliphatic rings. The quantitative estimate of drug-likeness (QED) is 0.748. The second-order valence-electron chi connectivity index (χ2n) is 4.31. The van der Waals surface area contributed by atoms with Crippen LogP contribution < -0.4 is 0 Å². The highest BCUT2D eigenvalue weighted by Gasteiger charge is 2.09. The van der Waals surface area contributed by atoms with E-state index in [1.165, 1.54) is 5.56 Å². The van der Waals surface area contributed by atoms with E-state index in [0.29, 0.717) is 12.3 Å². The third-order valence-electron chi connectivity index (χ3n) is 2.84. The summed E-state index contributed by atoms with van der Waals surface area (Å²) in [5, 5.41) is 0. The molecule has 0 N–H and O–H groups in total. The predicted octanol–water partition coefficient (Wildman–Crippen LogP) is 2.69. The maximum Gasteiger partial charge on any atom is 0.358 e. The number of carbonyl (C=O) groups is 1. The molecule has 100 valence electrons. The minimum Gasteiger partial charge on any atom is -0.461 e. The third kappa shape index (κ3) is 3.95. The van der Waals surface area contributed by atoms with E-state index in [1.54, 1.807) is 19.4 Å². The lowest BCUT2D eigenvalue weighted by Crippen LogP contribution is -2.05. The summed E-state index contributed by atoms with van der Waals surface area (Å²) in [5.74, 6) is -0.357. The van der Waals surface area contributed by atoms with Gasteiger partial charge in [0.25, 0.3) is 0 Å². The second kappa shape index (κ2) is 6.73. The SMILES string of the molecule is CCOC(=O)c1cn(CCCc2ccccc2)cn1. The molecule has 0 fully saturated rings. The molecular formula is C15H18N2O2. The summed E-state index contributed by atoms with van der Waals surface area (Å²) in [6.07, 6.45) is 5.45. The fourth-order valence-electron chi connectivity index (χ4n) is 1.90. The van der Waals surface area contributed by atoms with E-state index in [1.807, 2.05) is 22.8 Å². The summed E-state index contributed by atoms with van der Waals surface area (Å²) in [7, 11) is 0. The highest BCUT2D eigenvalue weighted by Crippen LogP contribution is 2.05. The summed E-state index contributed by atoms with van der Waals surface area (Å²) in [4.78, 5) is 15.5. The Labute approximate surface area is 113 Å². The maximum absolute atomic E-state index is 11.5. The zero-order valence-corrected chi connectivity index (χ0v) is 11.1. The predicted molar refractivity (Wildman–Crippen MR) is 72.9 cm³/mol. The molecule has 1 heterocycles. The Morgan fingerprint density at radius 1 is 1.32 bits per heavy atom. The first-order valence-corrected chi connectivity index (χ1v) is 6.52. The van der Waals surface area contributed by atoms with Gasteiger partial charge >= 0.3 is 5.97 Å². The zero-order chi connectivity index (χ0) is 13.5. The van der Waals surface area contributed by atoms with Crippen molar-refractivity contribution in [3.8, 4) is 0 Å². The minimum absolute atomic E-state index is 0.357. The van der Waals surface area contributed by atoms with Crippen molar-refractivity contribution in [2.75, 3.05) is 6.61 Å². The van der Waals surface area contributed by atoms with Crippen LogP contribution in [-0.4, -0.2) is 22.1 Å². The molecule has 1 aromatic carbocycles. The molecule has 1 aromatic heterocycles. The lowest BCUT2D eigenvalue weighted by Gasteiger charge is -2.02. The van der Waals surface area contributed by atoms with E-state index in [9.17, 15) is 4.79 Å². The summed E-state index contributed by atoms with van der Waals surface area (Å²) in [5.41, 5.74) is 1.70. The van der Waals surface area contributed by atoms with Gasteiger partial charge in [-0.3, -0.25) is 0 Å². The van der Waals surface area contributed by atoms with Crippen molar-refractivity contribution < 1.29 is 9.53 Å². The molecule has 0 atom stereocenters. The van der Waals surface area contributed by atoms with Gasteiger partial charge in [0, 0.05) is 12.7 Å². The molecule has 19 heavy (non-hydrogen) atoms. The van der Waals surface area contributed by atoms with Crippen LogP contribution in [0.4, 0.5) is 0 Å². The molecule has 0 saturated carbocycles. The monoisotopic (exact) mass is 258 g/mol. The van der Waals surface area contributed by atoms with Crippen LogP contribution in [-0.2, 0) is 17.7 Å². The second-order valence-corrected chi connectivity index (χ2v) is 4.31. The zero-order valence-electron chi connectivity index (χ0n) is 11.1. The number of carbonyl (C=O) groups excluding carboxylic acids is 1. The van der Waals surface area contributed by atoms with Gasteiger partial charge in [-0.25, -0.2) is 9.78 Å². The molecular weight excluding hydrogens is 240 g/mol. The fraction of sp³-hybridized carbons (Fsp3) is 0.333. The van der Waals surface area contributed by atoms with Crippen LogP contribution in [0.3, 0.4) is 0 Å². The van der Waals surface area contributed by atoms with E-state index < -0.39 is 0 Å². The number of benzene rings is 1. The highest BCUT2D eigenvalue weighted by molar-refractivity contribution is 5.86. The van der Waals surface area contributed by atoms with Crippen LogP contribution in [0.1, 0.15) is 29.4 Å². The van der Waals surface area contributed by atoms with E-state index >= 15 is 0 Å². The number of rotatable bonds is 6. The smallest absolute Gasteiger partial charge is 0.358 e. The van der Waals surface area contributed by atoms with E-state index in [0.717, 1.165) is 19.4 Å². The summed E-state index contributed by atoms with van der Waals surface area (Å²) in [6.45, 7) is 3.01. The molecule has 0 amide bonds. The first-order valence-electron chi connectivity index (χ1n) is 6.52. The molecule has 0 saturated heterocycles. The lowest BCUT2D eigenvalue weighted by atomic mass is 10.1. The standard InChI is InChI=1S/C15H18N2O2/c1-2-19-15(18)14-11-17(12-16-14)10-6-9-13-7-4-3-5-8-13/h3-5,7-8,11-12H,2,6,9-10H2,1H3. The molecule has 4 heteroatoms. The largest absolute Gasteiger partial charge is 0.461 e. The maximum atomic E-state index is 11.5. The average molecular weight is 258 g/mol. The third-order valence-corrected chi connectivity index (χ3v) is 2.84. The number of aryl methyl sites for hydroxylation is 2. The molecule has 0 unspecified atom stereocenters. The van der Waals surface area contributed by atoms with E-state index in [2.05, 4.69) is 17.1 Å². The number of hydrogen-bond acceptors (Lipinski definition) is 3. The Morgan fingerprint density at radius 3 is 2.84 bits per heavy atom. The number of aromatic nitrogens is 2. The first-order chi connectivity index (χ1) is 9.29. The van der Waals surface area contributed by atoms with Gasteiger partial charge in [-0.05, 0) is 25.3 Å². The number of ether oxygens (including phenoxy) is 1. The Hall–Kier alpha value is -2.10. The van der Waals surface area contributed by atoms with Crippen molar-refractivity contribution in [2.45, 2.75) is 26.3 Å². The van der Waals surface area contributed by atoms with Crippen molar-refractivity contribution in [3.05, 3.63) is 54.1 Å². The van der Waals surface area contributed by atoms with Gasteiger partial charge in [-0.2, -0.15) is 0 Å². The first kappa shape index (κ1) is 13.3. The Bertz CT molecular complexity index is 520. The normalized spacial score (nSPS) is 10.4. The summed E-state index contributed by atoms with van der Waals surface area (Å²) >= 11 is 0. The van der Waals surface area contributed by atoms with Crippen LogP contribution in [0.2, 0.25) is 0 Å². The molecule has 2 aromatic rings. The average Bonchev–Trinajstić information content (AvgIpc) is 2.89. The van der Waals surface area contributed by atoms with Gasteiger partial charge in [-0.15, -0.1) is 0 Å². The van der Waals surface area contributed by atoms with Crippen LogP contribution >= 0.6 is 0 Å². The van der Waals surface area contributed by atoms with Gasteiger partial charge < -0.3 is 9.30 Å². The molecule has 0 aliphatic carbocycles. The van der Waals surface area contributed by atoms with Crippen molar-refractivity contribution in [1.29, 1.82) is 0 Å². The van der Waals surface area contributed by atoms with Crippen molar-refractivity contribution >= 4 is 5.97 Å². The van der Waals surface area contributed by atoms with Gasteiger partial charge in [0.05, 0.1) is 12.9 Å². The lowest BCUT2D eigenvalue weighted by molar-refractivity contribution is 0.0520. The van der Waals surface area contributed by atoms with Gasteiger partial charge in [0.1, 0.15) is 0 Å².